The van der Waals surface area contributed by atoms with Crippen LogP contribution in [-0.2, 0) is 11.2 Å². The van der Waals surface area contributed by atoms with Gasteiger partial charge in [0.15, 0.2) is 0 Å². The van der Waals surface area contributed by atoms with Crippen molar-refractivity contribution in [3.63, 3.8) is 0 Å². The number of aryl methyl sites for hydroxylation is 1. The molecule has 0 radical (unpaired) electrons. The largest absolute Gasteiger partial charge is 0.497 e. The van der Waals surface area contributed by atoms with Crippen LogP contribution in [0, 0.1) is 0 Å². The highest BCUT2D eigenvalue weighted by molar-refractivity contribution is 5.92. The topological polar surface area (TPSA) is 50.8 Å². The molecular formula is C20H24N2O3. The number of hydrogen-bond acceptors (Lipinski definition) is 4. The fraction of sp³-hybridized carbons (Fsp3) is 0.350. The molecule has 0 spiro atoms. The molecule has 0 unspecified atom stereocenters. The summed E-state index contributed by atoms with van der Waals surface area (Å²) in [6.45, 7) is 1.71. The number of benzene rings is 2. The summed E-state index contributed by atoms with van der Waals surface area (Å²) < 4.78 is 10.5. The van der Waals surface area contributed by atoms with Crippen molar-refractivity contribution >= 4 is 17.3 Å². The Labute approximate surface area is 148 Å². The molecule has 0 aliphatic carbocycles. The number of amides is 1. The lowest BCUT2D eigenvalue weighted by Crippen LogP contribution is -2.32. The van der Waals surface area contributed by atoms with Crippen molar-refractivity contribution in [3.05, 3.63) is 48.0 Å². The quantitative estimate of drug-likeness (QED) is 0.875. The van der Waals surface area contributed by atoms with Crippen molar-refractivity contribution in [2.45, 2.75) is 19.3 Å². The molecule has 0 aromatic heterocycles. The molecule has 1 aliphatic heterocycles. The minimum absolute atomic E-state index is 0.0217. The molecule has 25 heavy (non-hydrogen) atoms. The van der Waals surface area contributed by atoms with Crippen LogP contribution in [0.4, 0.5) is 11.4 Å². The Morgan fingerprint density at radius 2 is 2.00 bits per heavy atom. The molecule has 1 aliphatic rings. The first-order valence-corrected chi connectivity index (χ1v) is 8.56. The van der Waals surface area contributed by atoms with Crippen LogP contribution in [0.15, 0.2) is 42.5 Å². The first kappa shape index (κ1) is 17.1. The predicted molar refractivity (Wildman–Crippen MR) is 99.8 cm³/mol. The smallest absolute Gasteiger partial charge is 0.226 e. The van der Waals surface area contributed by atoms with Gasteiger partial charge in [-0.05, 0) is 36.6 Å². The van der Waals surface area contributed by atoms with E-state index < -0.39 is 0 Å². The van der Waals surface area contributed by atoms with Gasteiger partial charge in [0.1, 0.15) is 11.5 Å². The molecule has 3 rings (SSSR count). The summed E-state index contributed by atoms with van der Waals surface area (Å²) in [6.07, 6.45) is 2.68. The van der Waals surface area contributed by atoms with Gasteiger partial charge in [0.2, 0.25) is 5.91 Å². The number of nitrogens with one attached hydrogen (secondary N) is 1. The normalized spacial score (nSPS) is 13.1. The van der Waals surface area contributed by atoms with Crippen LogP contribution >= 0.6 is 0 Å². The molecule has 2 aromatic carbocycles. The average molecular weight is 340 g/mol. The third kappa shape index (κ3) is 4.05. The first-order chi connectivity index (χ1) is 12.2. The van der Waals surface area contributed by atoms with Crippen molar-refractivity contribution in [1.29, 1.82) is 0 Å². The van der Waals surface area contributed by atoms with Gasteiger partial charge in [-0.25, -0.2) is 0 Å². The van der Waals surface area contributed by atoms with Crippen LogP contribution in [0.1, 0.15) is 18.4 Å². The van der Waals surface area contributed by atoms with Crippen molar-refractivity contribution in [2.75, 3.05) is 37.5 Å². The summed E-state index contributed by atoms with van der Waals surface area (Å²) in [5.41, 5.74) is 3.28. The number of para-hydroxylation sites is 1. The lowest BCUT2D eigenvalue weighted by atomic mass is 10.0. The van der Waals surface area contributed by atoms with Gasteiger partial charge in [-0.15, -0.1) is 0 Å². The molecular weight excluding hydrogens is 316 g/mol. The van der Waals surface area contributed by atoms with Crippen LogP contribution < -0.4 is 19.7 Å². The number of ether oxygens (including phenoxy) is 2. The van der Waals surface area contributed by atoms with E-state index in [1.54, 1.807) is 32.4 Å². The first-order valence-electron chi connectivity index (χ1n) is 8.56. The third-order valence-electron chi connectivity index (χ3n) is 4.50. The van der Waals surface area contributed by atoms with E-state index in [1.807, 2.05) is 0 Å². The van der Waals surface area contributed by atoms with Crippen molar-refractivity contribution in [1.82, 2.24) is 0 Å². The van der Waals surface area contributed by atoms with E-state index >= 15 is 0 Å². The van der Waals surface area contributed by atoms with Gasteiger partial charge in [-0.1, -0.05) is 18.2 Å². The van der Waals surface area contributed by atoms with Crippen LogP contribution in [0.3, 0.4) is 0 Å². The SMILES string of the molecule is COc1ccc(NC(=O)CCN2CCCc3ccccc32)c(OC)c1. The van der Waals surface area contributed by atoms with Crippen molar-refractivity contribution in [2.24, 2.45) is 0 Å². The number of anilines is 2. The maximum absolute atomic E-state index is 12.4. The second-order valence-electron chi connectivity index (χ2n) is 6.08. The number of hydrogen-bond donors (Lipinski definition) is 1. The van der Waals surface area contributed by atoms with E-state index in [4.69, 9.17) is 9.47 Å². The van der Waals surface area contributed by atoms with Crippen molar-refractivity contribution in [3.8, 4) is 11.5 Å². The van der Waals surface area contributed by atoms with E-state index in [0.717, 1.165) is 19.4 Å². The van der Waals surface area contributed by atoms with Gasteiger partial charge in [-0.3, -0.25) is 4.79 Å². The summed E-state index contributed by atoms with van der Waals surface area (Å²) in [5, 5.41) is 2.93. The number of methoxy groups -OCH3 is 2. The fourth-order valence-corrected chi connectivity index (χ4v) is 3.19. The van der Waals surface area contributed by atoms with Crippen LogP contribution in [0.2, 0.25) is 0 Å². The average Bonchev–Trinajstić information content (AvgIpc) is 2.66. The number of carbonyl (C=O) groups excluding carboxylic acids is 1. The summed E-state index contributed by atoms with van der Waals surface area (Å²) in [4.78, 5) is 14.7. The van der Waals surface area contributed by atoms with Gasteiger partial charge in [0.05, 0.1) is 19.9 Å². The molecule has 2 aromatic rings. The van der Waals surface area contributed by atoms with Crippen molar-refractivity contribution < 1.29 is 14.3 Å². The molecule has 0 fully saturated rings. The third-order valence-corrected chi connectivity index (χ3v) is 4.50. The zero-order chi connectivity index (χ0) is 17.6. The van der Waals surface area contributed by atoms with Gasteiger partial charge in [0, 0.05) is 31.3 Å². The zero-order valence-electron chi connectivity index (χ0n) is 14.7. The molecule has 0 bridgehead atoms. The molecule has 1 amide bonds. The molecule has 132 valence electrons. The Morgan fingerprint density at radius 3 is 2.80 bits per heavy atom. The van der Waals surface area contributed by atoms with Crippen LogP contribution in [-0.4, -0.2) is 33.2 Å². The minimum atomic E-state index is -0.0217. The Balaban J connectivity index is 1.61. The lowest BCUT2D eigenvalue weighted by molar-refractivity contribution is -0.116. The predicted octanol–water partition coefficient (Wildman–Crippen LogP) is 3.49. The standard InChI is InChI=1S/C20H24N2O3/c1-24-16-9-10-17(19(14-16)25-2)21-20(23)11-13-22-12-5-7-15-6-3-4-8-18(15)22/h3-4,6,8-10,14H,5,7,11-13H2,1-2H3,(H,21,23). The summed E-state index contributed by atoms with van der Waals surface area (Å²) in [7, 11) is 3.18. The maximum Gasteiger partial charge on any atom is 0.226 e. The zero-order valence-corrected chi connectivity index (χ0v) is 14.7. The monoisotopic (exact) mass is 340 g/mol. The summed E-state index contributed by atoms with van der Waals surface area (Å²) >= 11 is 0. The van der Waals surface area contributed by atoms with E-state index in [1.165, 1.54) is 11.3 Å². The van der Waals surface area contributed by atoms with E-state index in [0.29, 0.717) is 30.2 Å². The second kappa shape index (κ2) is 7.92. The number of rotatable bonds is 6. The fourth-order valence-electron chi connectivity index (χ4n) is 3.19. The highest BCUT2D eigenvalue weighted by atomic mass is 16.5. The molecule has 1 N–H and O–H groups in total. The second-order valence-corrected chi connectivity index (χ2v) is 6.08. The molecule has 0 saturated carbocycles. The summed E-state index contributed by atoms with van der Waals surface area (Å²) in [5.74, 6) is 1.27. The Bertz CT molecular complexity index is 745. The maximum atomic E-state index is 12.4. The lowest BCUT2D eigenvalue weighted by Gasteiger charge is -2.31. The molecule has 0 atom stereocenters. The Kier molecular flexibility index (Phi) is 5.43. The summed E-state index contributed by atoms with van der Waals surface area (Å²) in [6, 6.07) is 13.8. The van der Waals surface area contributed by atoms with Gasteiger partial charge in [-0.2, -0.15) is 0 Å². The minimum Gasteiger partial charge on any atom is -0.497 e. The van der Waals surface area contributed by atoms with Gasteiger partial charge >= 0.3 is 0 Å². The molecule has 1 heterocycles. The van der Waals surface area contributed by atoms with Crippen LogP contribution in [0.5, 0.6) is 11.5 Å². The molecule has 5 nitrogen and oxygen atoms in total. The van der Waals surface area contributed by atoms with Crippen LogP contribution in [0.25, 0.3) is 0 Å². The Morgan fingerprint density at radius 1 is 1.16 bits per heavy atom. The van der Waals surface area contributed by atoms with Gasteiger partial charge in [0.25, 0.3) is 0 Å². The molecule has 0 saturated heterocycles. The number of carbonyl (C=O) groups is 1. The Hall–Kier alpha value is -2.69. The van der Waals surface area contributed by atoms with E-state index in [-0.39, 0.29) is 5.91 Å². The van der Waals surface area contributed by atoms with E-state index in [9.17, 15) is 4.79 Å². The van der Waals surface area contributed by atoms with E-state index in [2.05, 4.69) is 34.5 Å². The highest BCUT2D eigenvalue weighted by Crippen LogP contribution is 2.29. The number of nitrogens with zero attached hydrogens (tertiary/aromatic N) is 1. The van der Waals surface area contributed by atoms with Gasteiger partial charge < -0.3 is 19.7 Å². The highest BCUT2D eigenvalue weighted by Gasteiger charge is 2.17. The molecule has 5 heteroatoms. The number of fused-ring (bicyclic) bond motifs is 1.